The molecule has 1 aromatic heterocycles. The van der Waals surface area contributed by atoms with Gasteiger partial charge in [0.05, 0.1) is 0 Å². The third-order valence-electron chi connectivity index (χ3n) is 3.96. The average molecular weight is 383 g/mol. The zero-order chi connectivity index (χ0) is 18.8. The van der Waals surface area contributed by atoms with E-state index in [9.17, 15) is 4.79 Å². The molecule has 8 heteroatoms. The smallest absolute Gasteiger partial charge is 0.274 e. The monoisotopic (exact) mass is 382 g/mol. The lowest BCUT2D eigenvalue weighted by Gasteiger charge is -2.10. The molecule has 0 atom stereocenters. The van der Waals surface area contributed by atoms with Crippen LogP contribution in [-0.4, -0.2) is 22.7 Å². The maximum atomic E-state index is 12.5. The van der Waals surface area contributed by atoms with E-state index in [1.807, 2.05) is 19.1 Å². The zero-order valence-corrected chi connectivity index (χ0v) is 15.1. The van der Waals surface area contributed by atoms with Gasteiger partial charge in [-0.1, -0.05) is 17.7 Å². The van der Waals surface area contributed by atoms with Gasteiger partial charge in [0.1, 0.15) is 5.69 Å². The number of aryl methyl sites for hydroxylation is 1. The number of carbonyl (C=O) groups excluding carboxylic acids is 1. The molecule has 7 nitrogen and oxygen atoms in total. The highest BCUT2D eigenvalue weighted by Gasteiger charge is 2.15. The Morgan fingerprint density at radius 1 is 1.11 bits per heavy atom. The normalized spacial score (nSPS) is 11.9. The fraction of sp³-hybridized carbons (Fsp3) is 0.105. The number of amides is 1. The summed E-state index contributed by atoms with van der Waals surface area (Å²) in [6, 6.07) is 12.2. The summed E-state index contributed by atoms with van der Waals surface area (Å²) >= 11 is 6.00. The largest absolute Gasteiger partial charge is 0.454 e. The highest BCUT2D eigenvalue weighted by Crippen LogP contribution is 2.34. The van der Waals surface area contributed by atoms with Crippen molar-refractivity contribution >= 4 is 34.8 Å². The van der Waals surface area contributed by atoms with E-state index in [-0.39, 0.29) is 18.4 Å². The molecule has 136 valence electrons. The minimum absolute atomic E-state index is 0.202. The van der Waals surface area contributed by atoms with Crippen LogP contribution in [0.4, 0.5) is 17.3 Å². The number of hydrogen-bond acceptors (Lipinski definition) is 6. The third kappa shape index (κ3) is 3.78. The van der Waals surface area contributed by atoms with Gasteiger partial charge in [0.15, 0.2) is 11.5 Å². The second kappa shape index (κ2) is 7.13. The summed E-state index contributed by atoms with van der Waals surface area (Å²) < 4.78 is 10.6. The molecule has 0 saturated heterocycles. The zero-order valence-electron chi connectivity index (χ0n) is 14.3. The molecule has 0 radical (unpaired) electrons. The van der Waals surface area contributed by atoms with E-state index < -0.39 is 0 Å². The molecule has 1 amide bonds. The molecule has 0 spiro atoms. The number of aromatic nitrogens is 2. The molecule has 3 aromatic rings. The summed E-state index contributed by atoms with van der Waals surface area (Å²) in [5.74, 6) is 1.28. The molecule has 2 aromatic carbocycles. The lowest BCUT2D eigenvalue weighted by Crippen LogP contribution is -2.15. The minimum Gasteiger partial charge on any atom is -0.454 e. The summed E-state index contributed by atoms with van der Waals surface area (Å²) in [7, 11) is 0. The van der Waals surface area contributed by atoms with Gasteiger partial charge in [-0.3, -0.25) is 4.79 Å². The lowest BCUT2D eigenvalue weighted by molar-refractivity contribution is 0.102. The molecule has 1 aliphatic rings. The summed E-state index contributed by atoms with van der Waals surface area (Å²) in [6.45, 7) is 2.09. The van der Waals surface area contributed by atoms with Crippen molar-refractivity contribution in [3.8, 4) is 11.5 Å². The maximum Gasteiger partial charge on any atom is 0.274 e. The summed E-state index contributed by atoms with van der Waals surface area (Å²) in [6.07, 6.45) is 1.52. The molecule has 0 fully saturated rings. The molecule has 0 saturated carbocycles. The Hall–Kier alpha value is -3.32. The molecule has 1 aliphatic heterocycles. The number of halogens is 1. The van der Waals surface area contributed by atoms with Crippen molar-refractivity contribution in [1.82, 2.24) is 9.97 Å². The molecule has 2 N–H and O–H groups in total. The van der Waals surface area contributed by atoms with E-state index in [0.29, 0.717) is 28.2 Å². The van der Waals surface area contributed by atoms with Gasteiger partial charge in [0.2, 0.25) is 12.7 Å². The molecule has 4 rings (SSSR count). The maximum absolute atomic E-state index is 12.5. The first-order valence-electron chi connectivity index (χ1n) is 8.16. The van der Waals surface area contributed by atoms with Crippen molar-refractivity contribution in [1.29, 1.82) is 0 Å². The van der Waals surface area contributed by atoms with Crippen molar-refractivity contribution in [3.63, 3.8) is 0 Å². The predicted molar refractivity (Wildman–Crippen MR) is 102 cm³/mol. The predicted octanol–water partition coefficient (Wildman–Crippen LogP) is 4.16. The summed E-state index contributed by atoms with van der Waals surface area (Å²) in [5.41, 5.74) is 2.49. The second-order valence-electron chi connectivity index (χ2n) is 5.87. The molecular formula is C19H15ClN4O3. The number of nitrogens with zero attached hydrogens (tertiary/aromatic N) is 2. The molecule has 2 heterocycles. The summed E-state index contributed by atoms with van der Waals surface area (Å²) in [5, 5.41) is 6.41. The summed E-state index contributed by atoms with van der Waals surface area (Å²) in [4.78, 5) is 21.0. The average Bonchev–Trinajstić information content (AvgIpc) is 3.13. The Morgan fingerprint density at radius 2 is 1.96 bits per heavy atom. The van der Waals surface area contributed by atoms with Crippen LogP contribution in [0.5, 0.6) is 11.5 Å². The van der Waals surface area contributed by atoms with Crippen LogP contribution >= 0.6 is 11.6 Å². The molecular weight excluding hydrogens is 368 g/mol. The van der Waals surface area contributed by atoms with Crippen molar-refractivity contribution < 1.29 is 14.3 Å². The van der Waals surface area contributed by atoms with Gasteiger partial charge in [-0.15, -0.1) is 0 Å². The van der Waals surface area contributed by atoms with Crippen LogP contribution in [0, 0.1) is 6.92 Å². The number of ether oxygens (including phenoxy) is 2. The van der Waals surface area contributed by atoms with Gasteiger partial charge in [0.25, 0.3) is 5.91 Å². The van der Waals surface area contributed by atoms with E-state index in [0.717, 1.165) is 11.3 Å². The van der Waals surface area contributed by atoms with Gasteiger partial charge in [-0.25, -0.2) is 9.97 Å². The highest BCUT2D eigenvalue weighted by molar-refractivity contribution is 6.31. The number of carbonyl (C=O) groups is 1. The van der Waals surface area contributed by atoms with E-state index in [1.165, 1.54) is 6.20 Å². The van der Waals surface area contributed by atoms with Crippen LogP contribution in [0.2, 0.25) is 5.02 Å². The van der Waals surface area contributed by atoms with Crippen molar-refractivity contribution in [2.75, 3.05) is 17.4 Å². The van der Waals surface area contributed by atoms with E-state index in [2.05, 4.69) is 20.6 Å². The fourth-order valence-electron chi connectivity index (χ4n) is 2.56. The third-order valence-corrected chi connectivity index (χ3v) is 4.20. The molecule has 0 unspecified atom stereocenters. The van der Waals surface area contributed by atoms with Crippen LogP contribution in [0.15, 0.2) is 48.7 Å². The minimum atomic E-state index is -0.350. The van der Waals surface area contributed by atoms with Gasteiger partial charge >= 0.3 is 0 Å². The second-order valence-corrected chi connectivity index (χ2v) is 6.31. The number of nitrogens with one attached hydrogen (secondary N) is 2. The standard InChI is InChI=1S/C19H15ClN4O3/c1-11-2-3-12(20)8-15(11)23-18(25)14-6-7-21-19(24-14)22-13-4-5-16-17(9-13)27-10-26-16/h2-9H,10H2,1H3,(H,23,25)(H,21,22,24). The van der Waals surface area contributed by atoms with E-state index in [4.69, 9.17) is 21.1 Å². The van der Waals surface area contributed by atoms with Crippen LogP contribution in [-0.2, 0) is 0 Å². The number of anilines is 3. The van der Waals surface area contributed by atoms with Crippen molar-refractivity contribution in [3.05, 3.63) is 64.9 Å². The molecule has 0 bridgehead atoms. The number of fused-ring (bicyclic) bond motifs is 1. The fourth-order valence-corrected chi connectivity index (χ4v) is 2.74. The Morgan fingerprint density at radius 3 is 2.85 bits per heavy atom. The highest BCUT2D eigenvalue weighted by atomic mass is 35.5. The van der Waals surface area contributed by atoms with E-state index in [1.54, 1.807) is 30.3 Å². The van der Waals surface area contributed by atoms with Crippen LogP contribution < -0.4 is 20.1 Å². The number of hydrogen-bond donors (Lipinski definition) is 2. The first-order chi connectivity index (χ1) is 13.1. The quantitative estimate of drug-likeness (QED) is 0.704. The number of rotatable bonds is 4. The lowest BCUT2D eigenvalue weighted by atomic mass is 10.2. The SMILES string of the molecule is Cc1ccc(Cl)cc1NC(=O)c1ccnc(Nc2ccc3c(c2)OCO3)n1. The Bertz CT molecular complexity index is 1030. The first-order valence-corrected chi connectivity index (χ1v) is 8.53. The van der Waals surface area contributed by atoms with Gasteiger partial charge in [-0.2, -0.15) is 0 Å². The van der Waals surface area contributed by atoms with Gasteiger partial charge in [-0.05, 0) is 42.8 Å². The van der Waals surface area contributed by atoms with Gasteiger partial charge < -0.3 is 20.1 Å². The topological polar surface area (TPSA) is 85.4 Å². The Balaban J connectivity index is 1.52. The molecule has 0 aliphatic carbocycles. The van der Waals surface area contributed by atoms with Crippen LogP contribution in [0.25, 0.3) is 0 Å². The van der Waals surface area contributed by atoms with Crippen molar-refractivity contribution in [2.45, 2.75) is 6.92 Å². The first kappa shape index (κ1) is 17.1. The molecule has 27 heavy (non-hydrogen) atoms. The van der Waals surface area contributed by atoms with Gasteiger partial charge in [0, 0.05) is 28.7 Å². The Kier molecular flexibility index (Phi) is 4.52. The van der Waals surface area contributed by atoms with E-state index >= 15 is 0 Å². The number of benzene rings is 2. The van der Waals surface area contributed by atoms with Crippen LogP contribution in [0.1, 0.15) is 16.1 Å². The van der Waals surface area contributed by atoms with Crippen molar-refractivity contribution in [2.24, 2.45) is 0 Å². The van der Waals surface area contributed by atoms with Crippen LogP contribution in [0.3, 0.4) is 0 Å². The Labute approximate surface area is 160 Å².